The molecule has 0 aliphatic heterocycles. The highest BCUT2D eigenvalue weighted by atomic mass is 14.1. The van der Waals surface area contributed by atoms with Crippen molar-refractivity contribution in [3.05, 3.63) is 12.2 Å². The lowest BCUT2D eigenvalue weighted by molar-refractivity contribution is 0.417. The number of hydrogen-bond donors (Lipinski definition) is 0. The Kier molecular flexibility index (Phi) is 7.03. The van der Waals surface area contributed by atoms with Crippen molar-refractivity contribution in [2.75, 3.05) is 0 Å². The summed E-state index contributed by atoms with van der Waals surface area (Å²) in [6, 6.07) is 0. The lowest BCUT2D eigenvalue weighted by atomic mass is 9.94. The van der Waals surface area contributed by atoms with Gasteiger partial charge < -0.3 is 0 Å². The summed E-state index contributed by atoms with van der Waals surface area (Å²) in [6.07, 6.45) is 8.62. The summed E-state index contributed by atoms with van der Waals surface area (Å²) in [6.45, 7) is 11.4. The summed E-state index contributed by atoms with van der Waals surface area (Å²) in [7, 11) is 0. The smallest absolute Gasteiger partial charge is 0.0290 e. The fourth-order valence-electron chi connectivity index (χ4n) is 1.67. The molecule has 0 unspecified atom stereocenters. The normalized spacial score (nSPS) is 14.7. The Morgan fingerprint density at radius 1 is 1.00 bits per heavy atom. The molecule has 0 N–H and O–H groups in total. The molecular formula is C13H26. The Morgan fingerprint density at radius 2 is 1.62 bits per heavy atom. The molecule has 0 bridgehead atoms. The minimum Gasteiger partial charge on any atom is -0.0883 e. The van der Waals surface area contributed by atoms with Crippen LogP contribution in [0, 0.1) is 17.8 Å². The Labute approximate surface area is 84.4 Å². The Hall–Kier alpha value is -0.260. The van der Waals surface area contributed by atoms with Gasteiger partial charge in [-0.05, 0) is 37.0 Å². The van der Waals surface area contributed by atoms with E-state index in [9.17, 15) is 0 Å². The third-order valence-corrected chi connectivity index (χ3v) is 2.22. The Balaban J connectivity index is 3.42. The van der Waals surface area contributed by atoms with Crippen LogP contribution in [0.15, 0.2) is 12.2 Å². The van der Waals surface area contributed by atoms with Crippen LogP contribution in [-0.2, 0) is 0 Å². The van der Waals surface area contributed by atoms with E-state index in [0.717, 1.165) is 11.8 Å². The van der Waals surface area contributed by atoms with Crippen LogP contribution >= 0.6 is 0 Å². The largest absolute Gasteiger partial charge is 0.0883 e. The van der Waals surface area contributed by atoms with Gasteiger partial charge in [-0.2, -0.15) is 0 Å². The maximum Gasteiger partial charge on any atom is -0.0290 e. The first kappa shape index (κ1) is 12.7. The van der Waals surface area contributed by atoms with Crippen molar-refractivity contribution < 1.29 is 0 Å². The first-order valence-electron chi connectivity index (χ1n) is 5.69. The Bertz CT molecular complexity index is 131. The van der Waals surface area contributed by atoms with E-state index in [-0.39, 0.29) is 0 Å². The van der Waals surface area contributed by atoms with Gasteiger partial charge in [0, 0.05) is 0 Å². The number of allylic oxidation sites excluding steroid dienone is 2. The highest BCUT2D eigenvalue weighted by Gasteiger charge is 2.03. The van der Waals surface area contributed by atoms with Crippen LogP contribution in [0.1, 0.15) is 53.9 Å². The molecule has 0 saturated heterocycles. The molecule has 78 valence electrons. The van der Waals surface area contributed by atoms with Gasteiger partial charge in [-0.15, -0.1) is 0 Å². The molecule has 0 amide bonds. The molecule has 0 saturated carbocycles. The minimum absolute atomic E-state index is 0.709. The summed E-state index contributed by atoms with van der Waals surface area (Å²) >= 11 is 0. The molecule has 0 fully saturated rings. The van der Waals surface area contributed by atoms with E-state index in [1.54, 1.807) is 0 Å². The van der Waals surface area contributed by atoms with Crippen LogP contribution in [0.3, 0.4) is 0 Å². The van der Waals surface area contributed by atoms with Crippen molar-refractivity contribution in [1.29, 1.82) is 0 Å². The Morgan fingerprint density at radius 3 is 2.08 bits per heavy atom. The van der Waals surface area contributed by atoms with Crippen LogP contribution in [0.2, 0.25) is 0 Å². The molecule has 0 aliphatic carbocycles. The lowest BCUT2D eigenvalue weighted by Crippen LogP contribution is -1.99. The second-order valence-electron chi connectivity index (χ2n) is 4.98. The van der Waals surface area contributed by atoms with E-state index in [1.165, 1.54) is 19.3 Å². The van der Waals surface area contributed by atoms with Crippen molar-refractivity contribution in [2.45, 2.75) is 53.9 Å². The third kappa shape index (κ3) is 9.66. The minimum atomic E-state index is 0.709. The molecule has 0 radical (unpaired) electrons. The zero-order valence-corrected chi connectivity index (χ0v) is 10.0. The fourth-order valence-corrected chi connectivity index (χ4v) is 1.67. The summed E-state index contributed by atoms with van der Waals surface area (Å²) in [5.74, 6) is 2.45. The maximum atomic E-state index is 2.36. The average molecular weight is 182 g/mol. The van der Waals surface area contributed by atoms with E-state index in [4.69, 9.17) is 0 Å². The van der Waals surface area contributed by atoms with Gasteiger partial charge in [0.2, 0.25) is 0 Å². The van der Waals surface area contributed by atoms with Crippen molar-refractivity contribution in [3.63, 3.8) is 0 Å². The predicted octanol–water partition coefficient (Wildman–Crippen LogP) is 4.66. The molecule has 0 aromatic rings. The topological polar surface area (TPSA) is 0 Å². The zero-order chi connectivity index (χ0) is 10.3. The molecular weight excluding hydrogens is 156 g/mol. The average Bonchev–Trinajstić information content (AvgIpc) is 1.96. The van der Waals surface area contributed by atoms with Crippen LogP contribution in [0.25, 0.3) is 0 Å². The number of hydrogen-bond acceptors (Lipinski definition) is 0. The molecule has 0 aromatic carbocycles. The third-order valence-electron chi connectivity index (χ3n) is 2.22. The van der Waals surface area contributed by atoms with E-state index < -0.39 is 0 Å². The summed E-state index contributed by atoms with van der Waals surface area (Å²) < 4.78 is 0. The van der Waals surface area contributed by atoms with Gasteiger partial charge in [0.25, 0.3) is 0 Å². The van der Waals surface area contributed by atoms with Crippen molar-refractivity contribution >= 4 is 0 Å². The van der Waals surface area contributed by atoms with Crippen molar-refractivity contribution in [3.8, 4) is 0 Å². The summed E-state index contributed by atoms with van der Waals surface area (Å²) in [5, 5.41) is 0. The van der Waals surface area contributed by atoms with Gasteiger partial charge in [-0.1, -0.05) is 46.8 Å². The van der Waals surface area contributed by atoms with E-state index in [2.05, 4.69) is 46.8 Å². The van der Waals surface area contributed by atoms with Gasteiger partial charge >= 0.3 is 0 Å². The second kappa shape index (κ2) is 7.17. The van der Waals surface area contributed by atoms with Crippen LogP contribution < -0.4 is 0 Å². The second-order valence-corrected chi connectivity index (χ2v) is 4.98. The SMILES string of the molecule is CC(C)/C=C/CC[C@H](C)CC(C)C. The van der Waals surface area contributed by atoms with Gasteiger partial charge in [-0.25, -0.2) is 0 Å². The highest BCUT2D eigenvalue weighted by Crippen LogP contribution is 2.16. The van der Waals surface area contributed by atoms with Crippen LogP contribution in [0.5, 0.6) is 0 Å². The molecule has 0 aromatic heterocycles. The molecule has 1 atom stereocenters. The molecule has 0 aliphatic rings. The van der Waals surface area contributed by atoms with Crippen molar-refractivity contribution in [1.82, 2.24) is 0 Å². The molecule has 0 rings (SSSR count). The van der Waals surface area contributed by atoms with E-state index in [0.29, 0.717) is 5.92 Å². The predicted molar refractivity (Wildman–Crippen MR) is 61.8 cm³/mol. The van der Waals surface area contributed by atoms with Gasteiger partial charge in [0.15, 0.2) is 0 Å². The fraction of sp³-hybridized carbons (Fsp3) is 0.846. The van der Waals surface area contributed by atoms with E-state index >= 15 is 0 Å². The summed E-state index contributed by atoms with van der Waals surface area (Å²) in [4.78, 5) is 0. The van der Waals surface area contributed by atoms with Crippen molar-refractivity contribution in [2.24, 2.45) is 17.8 Å². The molecule has 0 heterocycles. The highest BCUT2D eigenvalue weighted by molar-refractivity contribution is 4.84. The molecule has 13 heavy (non-hydrogen) atoms. The molecule has 0 heteroatoms. The zero-order valence-electron chi connectivity index (χ0n) is 10.0. The van der Waals surface area contributed by atoms with Crippen LogP contribution in [0.4, 0.5) is 0 Å². The van der Waals surface area contributed by atoms with Gasteiger partial charge in [0.1, 0.15) is 0 Å². The van der Waals surface area contributed by atoms with E-state index in [1.807, 2.05) is 0 Å². The quantitative estimate of drug-likeness (QED) is 0.524. The monoisotopic (exact) mass is 182 g/mol. The van der Waals surface area contributed by atoms with Gasteiger partial charge in [0.05, 0.1) is 0 Å². The lowest BCUT2D eigenvalue weighted by Gasteiger charge is -2.12. The first-order valence-corrected chi connectivity index (χ1v) is 5.69. The van der Waals surface area contributed by atoms with Crippen LogP contribution in [-0.4, -0.2) is 0 Å². The first-order chi connectivity index (χ1) is 6.02. The standard InChI is InChI=1S/C13H26/c1-11(2)8-6-7-9-13(5)10-12(3)4/h6,8,11-13H,7,9-10H2,1-5H3/b8-6+/t13-/m0/s1. The number of rotatable bonds is 6. The maximum absolute atomic E-state index is 2.36. The molecule has 0 spiro atoms. The summed E-state index contributed by atoms with van der Waals surface area (Å²) in [5.41, 5.74) is 0. The van der Waals surface area contributed by atoms with Gasteiger partial charge in [-0.3, -0.25) is 0 Å². The molecule has 0 nitrogen and oxygen atoms in total.